The second-order valence-corrected chi connectivity index (χ2v) is 12.7. The largest absolute Gasteiger partial charge is 0.480 e. The van der Waals surface area contributed by atoms with Crippen LogP contribution in [0.1, 0.15) is 76.9 Å². The average molecular weight is 570 g/mol. The lowest BCUT2D eigenvalue weighted by molar-refractivity contribution is -0.385. The normalized spacial score (nSPS) is 34.8. The number of nitrogens with zero attached hydrogens (tertiary/aromatic N) is 2. The number of carboxylic acid groups (broad SMARTS) is 1. The zero-order valence-corrected chi connectivity index (χ0v) is 23.5. The SMILES string of the molecule is C[C@]12CC[C@@H]3[C@H](CCC4=CC(=NOCC(=O)N[C@H](C(=O)O)[C@H](O)c5cccc([N+](=O)[O-])c5)CC[C@@]43C)[C@@H]1CC[C@H]2O. The molecule has 41 heavy (non-hydrogen) atoms. The van der Waals surface area contributed by atoms with Crippen LogP contribution in [0, 0.1) is 38.7 Å². The first-order valence-corrected chi connectivity index (χ1v) is 14.5. The zero-order valence-electron chi connectivity index (χ0n) is 23.5. The molecular weight excluding hydrogens is 530 g/mol. The molecule has 11 nitrogen and oxygen atoms in total. The molecule has 0 spiro atoms. The maximum Gasteiger partial charge on any atom is 0.329 e. The molecule has 0 heterocycles. The molecule has 1 amide bonds. The van der Waals surface area contributed by atoms with Crippen LogP contribution in [0.15, 0.2) is 41.1 Å². The maximum absolute atomic E-state index is 12.5. The number of rotatable bonds is 8. The van der Waals surface area contributed by atoms with Gasteiger partial charge in [0, 0.05) is 12.1 Å². The Kier molecular flexibility index (Phi) is 7.95. The minimum absolute atomic E-state index is 0.00800. The van der Waals surface area contributed by atoms with Crippen LogP contribution < -0.4 is 5.32 Å². The van der Waals surface area contributed by atoms with Crippen LogP contribution in [0.2, 0.25) is 0 Å². The van der Waals surface area contributed by atoms with E-state index in [1.54, 1.807) is 0 Å². The lowest BCUT2D eigenvalue weighted by Crippen LogP contribution is -2.51. The number of amides is 1. The Morgan fingerprint density at radius 3 is 2.68 bits per heavy atom. The van der Waals surface area contributed by atoms with E-state index in [0.29, 0.717) is 24.2 Å². The van der Waals surface area contributed by atoms with Crippen molar-refractivity contribution in [3.05, 3.63) is 51.6 Å². The third kappa shape index (κ3) is 5.37. The number of nitro groups is 1. The highest BCUT2D eigenvalue weighted by Crippen LogP contribution is 2.65. The molecule has 1 aromatic rings. The van der Waals surface area contributed by atoms with E-state index in [1.807, 2.05) is 0 Å². The zero-order chi connectivity index (χ0) is 29.5. The fourth-order valence-electron chi connectivity index (χ4n) is 8.29. The number of nitro benzene ring substituents is 1. The van der Waals surface area contributed by atoms with Crippen LogP contribution in [0.3, 0.4) is 0 Å². The van der Waals surface area contributed by atoms with Crippen molar-refractivity contribution >= 4 is 23.3 Å². The van der Waals surface area contributed by atoms with Crippen molar-refractivity contribution in [1.29, 1.82) is 0 Å². The third-order valence-electron chi connectivity index (χ3n) is 10.6. The average Bonchev–Trinajstić information content (AvgIpc) is 3.25. The highest BCUT2D eigenvalue weighted by atomic mass is 16.6. The van der Waals surface area contributed by atoms with Crippen molar-refractivity contribution in [3.8, 4) is 0 Å². The molecule has 4 aliphatic rings. The predicted octanol–water partition coefficient (Wildman–Crippen LogP) is 3.89. The molecule has 3 saturated carbocycles. The van der Waals surface area contributed by atoms with Crippen molar-refractivity contribution in [2.45, 2.75) is 83.5 Å². The van der Waals surface area contributed by atoms with Gasteiger partial charge in [-0.05, 0) is 91.6 Å². The number of hydrogen-bond acceptors (Lipinski definition) is 8. The van der Waals surface area contributed by atoms with Gasteiger partial charge < -0.3 is 25.5 Å². The molecule has 11 heteroatoms. The van der Waals surface area contributed by atoms with Crippen LogP contribution in [0.25, 0.3) is 0 Å². The standard InChI is InChI=1S/C30H39N3O8/c1-29-12-10-19(15-18(29)6-7-21-22-8-9-24(34)30(22,2)13-11-23(21)29)32-41-16-25(35)31-26(28(37)38)27(36)17-4-3-5-20(14-17)33(39)40/h3-5,14-15,21-24,26-27,34,36H,6-13,16H2,1-2H3,(H,31,35)(H,37,38)/t21-,22+,23-,24-,26+,27-,29+,30+/m1/s1. The number of nitrogens with one attached hydrogen (secondary N) is 1. The number of carbonyl (C=O) groups is 2. The summed E-state index contributed by atoms with van der Waals surface area (Å²) in [7, 11) is 0. The number of carboxylic acids is 1. The van der Waals surface area contributed by atoms with Gasteiger partial charge in [-0.25, -0.2) is 4.79 Å². The van der Waals surface area contributed by atoms with E-state index in [1.165, 1.54) is 23.8 Å². The van der Waals surface area contributed by atoms with Gasteiger partial charge in [-0.15, -0.1) is 0 Å². The first kappa shape index (κ1) is 29.2. The number of carbonyl (C=O) groups excluding carboxylic acids is 1. The smallest absolute Gasteiger partial charge is 0.329 e. The summed E-state index contributed by atoms with van der Waals surface area (Å²) in [5, 5.41) is 48.2. The number of aliphatic carboxylic acids is 1. The van der Waals surface area contributed by atoms with Crippen LogP contribution in [-0.2, 0) is 14.4 Å². The second kappa shape index (κ2) is 11.2. The first-order chi connectivity index (χ1) is 19.4. The van der Waals surface area contributed by atoms with Gasteiger partial charge in [0.05, 0.1) is 16.7 Å². The second-order valence-electron chi connectivity index (χ2n) is 12.7. The Morgan fingerprint density at radius 1 is 1.17 bits per heavy atom. The van der Waals surface area contributed by atoms with Crippen molar-refractivity contribution in [2.75, 3.05) is 6.61 Å². The lowest BCUT2D eigenvalue weighted by atomic mass is 9.47. The van der Waals surface area contributed by atoms with Crippen LogP contribution in [-0.4, -0.2) is 56.6 Å². The minimum Gasteiger partial charge on any atom is -0.480 e. The van der Waals surface area contributed by atoms with E-state index in [9.17, 15) is 35.0 Å². The fourth-order valence-corrected chi connectivity index (χ4v) is 8.29. The Bertz CT molecular complexity index is 1280. The summed E-state index contributed by atoms with van der Waals surface area (Å²) in [4.78, 5) is 39.9. The van der Waals surface area contributed by atoms with Gasteiger partial charge in [0.1, 0.15) is 6.10 Å². The molecule has 0 unspecified atom stereocenters. The number of oxime groups is 1. The molecular formula is C30H39N3O8. The minimum atomic E-state index is -1.73. The summed E-state index contributed by atoms with van der Waals surface area (Å²) in [5.41, 5.74) is 1.93. The number of fused-ring (bicyclic) bond motifs is 5. The number of allylic oxidation sites excluding steroid dienone is 2. The molecule has 0 saturated heterocycles. The number of hydrogen-bond donors (Lipinski definition) is 4. The number of benzene rings is 1. The van der Waals surface area contributed by atoms with E-state index in [-0.39, 0.29) is 28.2 Å². The van der Waals surface area contributed by atoms with E-state index < -0.39 is 35.6 Å². The summed E-state index contributed by atoms with van der Waals surface area (Å²) in [6.07, 6.45) is 8.16. The summed E-state index contributed by atoms with van der Waals surface area (Å²) < 4.78 is 0. The van der Waals surface area contributed by atoms with Crippen LogP contribution in [0.4, 0.5) is 5.69 Å². The van der Waals surface area contributed by atoms with Crippen LogP contribution in [0.5, 0.6) is 0 Å². The maximum atomic E-state index is 12.5. The molecule has 5 rings (SSSR count). The first-order valence-electron chi connectivity index (χ1n) is 14.5. The Balaban J connectivity index is 1.19. The third-order valence-corrected chi connectivity index (χ3v) is 10.6. The fraction of sp³-hybridized carbons (Fsp3) is 0.633. The van der Waals surface area contributed by atoms with Gasteiger partial charge in [-0.1, -0.05) is 36.7 Å². The number of aliphatic hydroxyl groups is 2. The summed E-state index contributed by atoms with van der Waals surface area (Å²) in [6.45, 7) is 4.11. The molecule has 222 valence electrons. The molecule has 0 aliphatic heterocycles. The van der Waals surface area contributed by atoms with E-state index in [4.69, 9.17) is 4.84 Å². The molecule has 0 radical (unpaired) electrons. The summed E-state index contributed by atoms with van der Waals surface area (Å²) in [6, 6.07) is 3.24. The molecule has 4 aliphatic carbocycles. The number of non-ortho nitro benzene ring substituents is 1. The van der Waals surface area contributed by atoms with Crippen molar-refractivity contribution in [3.63, 3.8) is 0 Å². The quantitative estimate of drug-likeness (QED) is 0.270. The molecule has 3 fully saturated rings. The lowest BCUT2D eigenvalue weighted by Gasteiger charge is -2.57. The molecule has 1 aromatic carbocycles. The molecule has 8 atom stereocenters. The van der Waals surface area contributed by atoms with E-state index in [2.05, 4.69) is 30.4 Å². The van der Waals surface area contributed by atoms with Gasteiger partial charge in [0.15, 0.2) is 12.6 Å². The Morgan fingerprint density at radius 2 is 1.95 bits per heavy atom. The molecule has 0 aromatic heterocycles. The Labute approximate surface area is 238 Å². The predicted molar refractivity (Wildman–Crippen MR) is 149 cm³/mol. The Hall–Kier alpha value is -3.31. The van der Waals surface area contributed by atoms with E-state index in [0.717, 1.165) is 56.7 Å². The highest BCUT2D eigenvalue weighted by Gasteiger charge is 2.58. The highest BCUT2D eigenvalue weighted by molar-refractivity contribution is 5.96. The van der Waals surface area contributed by atoms with Gasteiger partial charge >= 0.3 is 5.97 Å². The summed E-state index contributed by atoms with van der Waals surface area (Å²) in [5.74, 6) is -0.484. The van der Waals surface area contributed by atoms with Gasteiger partial charge in [-0.3, -0.25) is 14.9 Å². The topological polar surface area (TPSA) is 172 Å². The van der Waals surface area contributed by atoms with Crippen molar-refractivity contribution in [2.24, 2.45) is 33.7 Å². The van der Waals surface area contributed by atoms with Crippen LogP contribution >= 0.6 is 0 Å². The van der Waals surface area contributed by atoms with E-state index >= 15 is 0 Å². The molecule has 4 N–H and O–H groups in total. The summed E-state index contributed by atoms with van der Waals surface area (Å²) >= 11 is 0. The number of aliphatic hydroxyl groups excluding tert-OH is 2. The van der Waals surface area contributed by atoms with Crippen molar-refractivity contribution in [1.82, 2.24) is 5.32 Å². The molecule has 0 bridgehead atoms. The van der Waals surface area contributed by atoms with Gasteiger partial charge in [-0.2, -0.15) is 0 Å². The van der Waals surface area contributed by atoms with Gasteiger partial charge in [0.25, 0.3) is 11.6 Å². The monoisotopic (exact) mass is 569 g/mol. The van der Waals surface area contributed by atoms with Gasteiger partial charge in [0.2, 0.25) is 0 Å². The van der Waals surface area contributed by atoms with Crippen molar-refractivity contribution < 1.29 is 34.7 Å².